The van der Waals surface area contributed by atoms with Gasteiger partial charge in [0.2, 0.25) is 11.8 Å². The maximum absolute atomic E-state index is 4.75. The maximum Gasteiger partial charge on any atom is 0.291 e. The fourth-order valence-electron chi connectivity index (χ4n) is 3.43. The minimum Gasteiger partial charge on any atom is -0.340 e. The second kappa shape index (κ2) is 6.50. The van der Waals surface area contributed by atoms with Crippen molar-refractivity contribution in [1.82, 2.24) is 14.8 Å². The Kier molecular flexibility index (Phi) is 4.19. The van der Waals surface area contributed by atoms with E-state index >= 15 is 0 Å². The van der Waals surface area contributed by atoms with Gasteiger partial charge in [-0.1, -0.05) is 17.0 Å². The Bertz CT molecular complexity index is 805. The first-order chi connectivity index (χ1) is 12.2. The number of azo groups is 2. The van der Waals surface area contributed by atoms with Crippen molar-refractivity contribution in [2.24, 2.45) is 22.1 Å². The molecule has 0 aliphatic carbocycles. The third-order valence-electron chi connectivity index (χ3n) is 5.00. The molecular weight excluding hydrogens is 316 g/mol. The van der Waals surface area contributed by atoms with Gasteiger partial charge in [-0.15, -0.1) is 14.8 Å². The summed E-state index contributed by atoms with van der Waals surface area (Å²) >= 11 is 0. The number of fused-ring (bicyclic) bond motifs is 1. The SMILES string of the molecule is CCC1=C2N=C(CCc3nc(N4CCCC4)nn3C)N=[N+]2C(C)=NC1. The van der Waals surface area contributed by atoms with E-state index in [0.717, 1.165) is 68.2 Å². The smallest absolute Gasteiger partial charge is 0.291 e. The molecule has 8 nitrogen and oxygen atoms in total. The van der Waals surface area contributed by atoms with Gasteiger partial charge in [-0.05, 0) is 19.3 Å². The van der Waals surface area contributed by atoms with Crippen LogP contribution in [0.4, 0.5) is 5.95 Å². The minimum absolute atomic E-state index is 0.739. The van der Waals surface area contributed by atoms with Crippen molar-refractivity contribution in [3.63, 3.8) is 0 Å². The topological polar surface area (TPSA) is 74.0 Å². The highest BCUT2D eigenvalue weighted by Gasteiger charge is 2.31. The first-order valence-electron chi connectivity index (χ1n) is 9.13. The number of rotatable bonds is 5. The molecule has 0 N–H and O–H groups in total. The summed E-state index contributed by atoms with van der Waals surface area (Å²) in [7, 11) is 1.97. The van der Waals surface area contributed by atoms with Crippen LogP contribution < -0.4 is 4.90 Å². The molecule has 0 bridgehead atoms. The van der Waals surface area contributed by atoms with Crippen LogP contribution in [0.15, 0.2) is 26.5 Å². The number of nitrogens with zero attached hydrogens (tertiary/aromatic N) is 8. The molecule has 25 heavy (non-hydrogen) atoms. The predicted molar refractivity (Wildman–Crippen MR) is 96.2 cm³/mol. The van der Waals surface area contributed by atoms with Gasteiger partial charge < -0.3 is 4.90 Å². The number of hydrogen-bond acceptors (Lipinski definition) is 6. The molecule has 4 rings (SSSR count). The monoisotopic (exact) mass is 341 g/mol. The summed E-state index contributed by atoms with van der Waals surface area (Å²) in [5.74, 6) is 4.58. The third-order valence-corrected chi connectivity index (χ3v) is 5.00. The molecule has 0 radical (unpaired) electrons. The Labute approximate surface area is 147 Å². The molecule has 4 heterocycles. The zero-order chi connectivity index (χ0) is 17.4. The molecule has 8 heteroatoms. The lowest BCUT2D eigenvalue weighted by Gasteiger charge is -2.10. The van der Waals surface area contributed by atoms with Crippen LogP contribution in [0.3, 0.4) is 0 Å². The first kappa shape index (κ1) is 16.1. The summed E-state index contributed by atoms with van der Waals surface area (Å²) in [6, 6.07) is 0. The van der Waals surface area contributed by atoms with Gasteiger partial charge >= 0.3 is 0 Å². The van der Waals surface area contributed by atoms with Gasteiger partial charge in [0.25, 0.3) is 11.7 Å². The largest absolute Gasteiger partial charge is 0.340 e. The zero-order valence-corrected chi connectivity index (χ0v) is 15.2. The lowest BCUT2D eigenvalue weighted by molar-refractivity contribution is -0.420. The standard InChI is InChI=1S/C17H25N8/c1-4-13-11-18-12(2)25-16(13)19-14(21-25)7-8-15-20-17(22-23(15)3)24-9-5-6-10-24/h4-11H2,1-3H3/q+1. The van der Waals surface area contributed by atoms with E-state index in [1.165, 1.54) is 18.4 Å². The van der Waals surface area contributed by atoms with Crippen LogP contribution in [0.2, 0.25) is 0 Å². The summed E-state index contributed by atoms with van der Waals surface area (Å²) in [6.45, 7) is 6.99. The average Bonchev–Trinajstić information content (AvgIpc) is 3.33. The number of amidine groups is 2. The van der Waals surface area contributed by atoms with Crippen LogP contribution >= 0.6 is 0 Å². The van der Waals surface area contributed by atoms with E-state index in [1.807, 2.05) is 23.4 Å². The van der Waals surface area contributed by atoms with Crippen LogP contribution in [0.25, 0.3) is 0 Å². The second-order valence-electron chi connectivity index (χ2n) is 6.73. The average molecular weight is 341 g/mol. The molecule has 0 atom stereocenters. The Morgan fingerprint density at radius 3 is 2.72 bits per heavy atom. The summed E-state index contributed by atoms with van der Waals surface area (Å²) < 4.78 is 3.77. The molecule has 1 aromatic rings. The van der Waals surface area contributed by atoms with Crippen molar-refractivity contribution >= 4 is 17.6 Å². The highest BCUT2D eigenvalue weighted by molar-refractivity contribution is 5.86. The predicted octanol–water partition coefficient (Wildman–Crippen LogP) is 2.28. The Morgan fingerprint density at radius 2 is 1.96 bits per heavy atom. The van der Waals surface area contributed by atoms with Crippen molar-refractivity contribution in [2.45, 2.75) is 46.0 Å². The molecule has 3 aliphatic heterocycles. The summed E-state index contributed by atoms with van der Waals surface area (Å²) in [5, 5.41) is 9.21. The highest BCUT2D eigenvalue weighted by Crippen LogP contribution is 2.23. The molecule has 0 saturated carbocycles. The normalized spacial score (nSPS) is 20.0. The van der Waals surface area contributed by atoms with Gasteiger partial charge in [-0.25, -0.2) is 0 Å². The van der Waals surface area contributed by atoms with Crippen molar-refractivity contribution in [3.8, 4) is 0 Å². The van der Waals surface area contributed by atoms with Crippen LogP contribution in [0, 0.1) is 0 Å². The molecule has 3 aliphatic rings. The van der Waals surface area contributed by atoms with Gasteiger partial charge in [0, 0.05) is 45.5 Å². The number of anilines is 1. The van der Waals surface area contributed by atoms with Crippen molar-refractivity contribution in [2.75, 3.05) is 24.5 Å². The molecule has 0 spiro atoms. The molecule has 1 aromatic heterocycles. The van der Waals surface area contributed by atoms with Crippen molar-refractivity contribution in [3.05, 3.63) is 17.2 Å². The van der Waals surface area contributed by atoms with Crippen LogP contribution in [0.5, 0.6) is 0 Å². The molecule has 1 saturated heterocycles. The third kappa shape index (κ3) is 3.01. The number of aliphatic imine (C=N–C) groups is 2. The number of aromatic nitrogens is 3. The summed E-state index contributed by atoms with van der Waals surface area (Å²) in [5.41, 5.74) is 1.25. The lowest BCUT2D eigenvalue weighted by atomic mass is 10.2. The van der Waals surface area contributed by atoms with Crippen LogP contribution in [-0.2, 0) is 13.5 Å². The molecule has 132 valence electrons. The van der Waals surface area contributed by atoms with Crippen molar-refractivity contribution < 1.29 is 4.70 Å². The summed E-state index contributed by atoms with van der Waals surface area (Å²) in [6.07, 6.45) is 4.97. The lowest BCUT2D eigenvalue weighted by Crippen LogP contribution is -2.19. The van der Waals surface area contributed by atoms with E-state index in [2.05, 4.69) is 27.0 Å². The van der Waals surface area contributed by atoms with Gasteiger partial charge in [-0.3, -0.25) is 4.68 Å². The molecule has 0 unspecified atom stereocenters. The van der Waals surface area contributed by atoms with Crippen molar-refractivity contribution in [1.29, 1.82) is 0 Å². The fraction of sp³-hybridized carbons (Fsp3) is 0.647. The van der Waals surface area contributed by atoms with E-state index in [1.54, 1.807) is 0 Å². The van der Waals surface area contributed by atoms with Gasteiger partial charge in [0.05, 0.1) is 0 Å². The molecule has 0 amide bonds. The van der Waals surface area contributed by atoms with E-state index in [0.29, 0.717) is 0 Å². The van der Waals surface area contributed by atoms with E-state index in [9.17, 15) is 0 Å². The van der Waals surface area contributed by atoms with Gasteiger partial charge in [0.1, 0.15) is 12.4 Å². The number of aryl methyl sites for hydroxylation is 2. The quantitative estimate of drug-likeness (QED) is 0.771. The first-order valence-corrected chi connectivity index (χ1v) is 9.13. The highest BCUT2D eigenvalue weighted by atomic mass is 15.4. The molecule has 1 fully saturated rings. The Hall–Kier alpha value is -2.38. The molecule has 0 aromatic carbocycles. The minimum atomic E-state index is 0.739. The van der Waals surface area contributed by atoms with Gasteiger partial charge in [-0.2, -0.15) is 4.98 Å². The molecular formula is C17H25N8+. The van der Waals surface area contributed by atoms with Gasteiger partial charge in [0.15, 0.2) is 0 Å². The second-order valence-corrected chi connectivity index (χ2v) is 6.73. The Balaban J connectivity index is 1.48. The van der Waals surface area contributed by atoms with E-state index in [-0.39, 0.29) is 0 Å². The van der Waals surface area contributed by atoms with E-state index in [4.69, 9.17) is 9.98 Å². The Morgan fingerprint density at radius 1 is 1.16 bits per heavy atom. The zero-order valence-electron chi connectivity index (χ0n) is 15.2. The fourth-order valence-corrected chi connectivity index (χ4v) is 3.43. The van der Waals surface area contributed by atoms with E-state index < -0.39 is 0 Å². The van der Waals surface area contributed by atoms with Crippen LogP contribution in [-0.4, -0.2) is 50.8 Å². The summed E-state index contributed by atoms with van der Waals surface area (Å²) in [4.78, 5) is 16.3. The number of hydrogen-bond donors (Lipinski definition) is 0. The van der Waals surface area contributed by atoms with Crippen LogP contribution in [0.1, 0.15) is 45.4 Å². The maximum atomic E-state index is 4.75.